The Balaban J connectivity index is 2.72. The molecule has 0 aromatic carbocycles. The Morgan fingerprint density at radius 1 is 1.24 bits per heavy atom. The number of aromatic nitrogens is 2. The van der Waals surface area contributed by atoms with E-state index < -0.39 is 0 Å². The van der Waals surface area contributed by atoms with Gasteiger partial charge in [0.1, 0.15) is 12.4 Å². The molecule has 0 aliphatic rings. The third-order valence-corrected chi connectivity index (χ3v) is 2.06. The van der Waals surface area contributed by atoms with Gasteiger partial charge in [0.2, 0.25) is 0 Å². The molecule has 96 valence electrons. The Morgan fingerprint density at radius 2 is 2.06 bits per heavy atom. The van der Waals surface area contributed by atoms with E-state index >= 15 is 0 Å². The highest BCUT2D eigenvalue weighted by atomic mass is 16.5. The van der Waals surface area contributed by atoms with Crippen molar-refractivity contribution < 1.29 is 9.47 Å². The topological polar surface area (TPSA) is 56.3 Å². The minimum atomic E-state index is 0.448. The lowest BCUT2D eigenvalue weighted by Crippen LogP contribution is -2.08. The maximum atomic E-state index is 5.44. The van der Waals surface area contributed by atoms with Crippen molar-refractivity contribution in [2.75, 3.05) is 25.6 Å². The quantitative estimate of drug-likeness (QED) is 0.703. The smallest absolute Gasteiger partial charge is 0.156 e. The fourth-order valence-corrected chi connectivity index (χ4v) is 1.42. The Morgan fingerprint density at radius 3 is 2.71 bits per heavy atom. The fourth-order valence-electron chi connectivity index (χ4n) is 1.42. The fraction of sp³-hybridized carbons (Fsp3) is 0.667. The van der Waals surface area contributed by atoms with Gasteiger partial charge >= 0.3 is 0 Å². The normalized spacial score (nSPS) is 10.5. The van der Waals surface area contributed by atoms with Crippen LogP contribution in [-0.4, -0.2) is 30.2 Å². The molecule has 0 fully saturated rings. The molecule has 0 atom stereocenters. The van der Waals surface area contributed by atoms with E-state index in [1.54, 1.807) is 7.11 Å². The van der Waals surface area contributed by atoms with Crippen LogP contribution in [0.2, 0.25) is 0 Å². The number of anilines is 1. The van der Waals surface area contributed by atoms with Gasteiger partial charge in [0.25, 0.3) is 0 Å². The number of nitrogens with one attached hydrogen (secondary N) is 1. The molecule has 0 amide bonds. The molecule has 1 aromatic heterocycles. The molecule has 0 spiro atoms. The lowest BCUT2D eigenvalue weighted by atomic mass is 10.4. The molecule has 1 rings (SSSR count). The molecule has 0 bridgehead atoms. The van der Waals surface area contributed by atoms with Crippen molar-refractivity contribution in [3.05, 3.63) is 17.6 Å². The maximum absolute atomic E-state index is 5.44. The minimum Gasteiger partial charge on any atom is -0.378 e. The summed E-state index contributed by atoms with van der Waals surface area (Å²) in [5, 5.41) is 3.17. The molecule has 17 heavy (non-hydrogen) atoms. The summed E-state index contributed by atoms with van der Waals surface area (Å²) in [4.78, 5) is 8.75. The first-order chi connectivity index (χ1) is 8.30. The van der Waals surface area contributed by atoms with E-state index in [1.165, 1.54) is 0 Å². The van der Waals surface area contributed by atoms with Crippen molar-refractivity contribution >= 4 is 5.82 Å². The monoisotopic (exact) mass is 239 g/mol. The number of ether oxygens (including phenoxy) is 2. The van der Waals surface area contributed by atoms with Crippen LogP contribution in [0.15, 0.2) is 6.07 Å². The lowest BCUT2D eigenvalue weighted by molar-refractivity contribution is 0.115. The van der Waals surface area contributed by atoms with Crippen molar-refractivity contribution in [2.24, 2.45) is 0 Å². The van der Waals surface area contributed by atoms with E-state index in [1.807, 2.05) is 13.0 Å². The van der Waals surface area contributed by atoms with Gasteiger partial charge in [-0.1, -0.05) is 6.92 Å². The van der Waals surface area contributed by atoms with Crippen LogP contribution in [0.4, 0.5) is 5.82 Å². The first kappa shape index (κ1) is 13.9. The molecule has 5 nitrogen and oxygen atoms in total. The van der Waals surface area contributed by atoms with Gasteiger partial charge in [-0.25, -0.2) is 9.97 Å². The van der Waals surface area contributed by atoms with Crippen molar-refractivity contribution in [1.29, 1.82) is 0 Å². The van der Waals surface area contributed by atoms with Gasteiger partial charge in [-0.3, -0.25) is 0 Å². The van der Waals surface area contributed by atoms with Crippen LogP contribution in [0.5, 0.6) is 0 Å². The summed E-state index contributed by atoms with van der Waals surface area (Å²) in [6.45, 7) is 6.61. The van der Waals surface area contributed by atoms with Crippen molar-refractivity contribution in [3.63, 3.8) is 0 Å². The number of hydrogen-bond donors (Lipinski definition) is 1. The number of methoxy groups -OCH3 is 1. The van der Waals surface area contributed by atoms with Crippen molar-refractivity contribution in [3.8, 4) is 0 Å². The summed E-state index contributed by atoms with van der Waals surface area (Å²) < 4.78 is 10.5. The number of nitrogens with zero attached hydrogens (tertiary/aromatic N) is 2. The SMILES string of the molecule is CCCOCc1nc(COC)cc(NCC)n1. The highest BCUT2D eigenvalue weighted by Crippen LogP contribution is 2.08. The highest BCUT2D eigenvalue weighted by Gasteiger charge is 2.04. The molecule has 1 aromatic rings. The lowest BCUT2D eigenvalue weighted by Gasteiger charge is -2.08. The molecule has 0 radical (unpaired) electrons. The van der Waals surface area contributed by atoms with E-state index in [4.69, 9.17) is 9.47 Å². The summed E-state index contributed by atoms with van der Waals surface area (Å²) in [5.74, 6) is 1.52. The molecule has 0 aliphatic heterocycles. The molecular weight excluding hydrogens is 218 g/mol. The molecule has 1 heterocycles. The van der Waals surface area contributed by atoms with Crippen LogP contribution in [0.3, 0.4) is 0 Å². The van der Waals surface area contributed by atoms with Crippen LogP contribution in [0, 0.1) is 0 Å². The summed E-state index contributed by atoms with van der Waals surface area (Å²) in [6.07, 6.45) is 0.998. The summed E-state index contributed by atoms with van der Waals surface area (Å²) in [7, 11) is 1.66. The van der Waals surface area contributed by atoms with Crippen molar-refractivity contribution in [1.82, 2.24) is 9.97 Å². The van der Waals surface area contributed by atoms with E-state index in [0.717, 1.165) is 31.1 Å². The second kappa shape index (κ2) is 7.97. The van der Waals surface area contributed by atoms with Gasteiger partial charge in [-0.15, -0.1) is 0 Å². The molecule has 0 aliphatic carbocycles. The molecular formula is C12H21N3O2. The zero-order valence-electron chi connectivity index (χ0n) is 10.8. The molecule has 5 heteroatoms. The molecule has 0 saturated carbocycles. The van der Waals surface area contributed by atoms with Crippen LogP contribution in [0.1, 0.15) is 31.8 Å². The van der Waals surface area contributed by atoms with Crippen LogP contribution >= 0.6 is 0 Å². The molecule has 1 N–H and O–H groups in total. The van der Waals surface area contributed by atoms with Crippen LogP contribution in [-0.2, 0) is 22.7 Å². The van der Waals surface area contributed by atoms with Gasteiger partial charge in [0, 0.05) is 26.3 Å². The third kappa shape index (κ3) is 5.10. The Bertz CT molecular complexity index is 307. The maximum Gasteiger partial charge on any atom is 0.156 e. The second-order valence-electron chi connectivity index (χ2n) is 3.68. The van der Waals surface area contributed by atoms with Gasteiger partial charge in [0.05, 0.1) is 12.3 Å². The average molecular weight is 239 g/mol. The Kier molecular flexibility index (Phi) is 6.50. The first-order valence-corrected chi connectivity index (χ1v) is 5.97. The predicted octanol–water partition coefficient (Wildman–Crippen LogP) is 1.98. The molecule has 0 unspecified atom stereocenters. The van der Waals surface area contributed by atoms with Crippen molar-refractivity contribution in [2.45, 2.75) is 33.5 Å². The second-order valence-corrected chi connectivity index (χ2v) is 3.68. The first-order valence-electron chi connectivity index (χ1n) is 5.97. The average Bonchev–Trinajstić information content (AvgIpc) is 2.30. The van der Waals surface area contributed by atoms with E-state index in [-0.39, 0.29) is 0 Å². The van der Waals surface area contributed by atoms with Gasteiger partial charge in [-0.05, 0) is 13.3 Å². The standard InChI is InChI=1S/C12H21N3O2/c1-4-6-17-9-12-14-10(8-16-3)7-11(15-12)13-5-2/h7H,4-6,8-9H2,1-3H3,(H,13,14,15). The summed E-state index contributed by atoms with van der Waals surface area (Å²) in [5.41, 5.74) is 0.869. The van der Waals surface area contributed by atoms with Gasteiger partial charge in [0.15, 0.2) is 5.82 Å². The highest BCUT2D eigenvalue weighted by molar-refractivity contribution is 5.35. The van der Waals surface area contributed by atoms with Gasteiger partial charge in [-0.2, -0.15) is 0 Å². The summed E-state index contributed by atoms with van der Waals surface area (Å²) >= 11 is 0. The third-order valence-electron chi connectivity index (χ3n) is 2.06. The summed E-state index contributed by atoms with van der Waals surface area (Å²) in [6, 6.07) is 1.90. The van der Waals surface area contributed by atoms with Gasteiger partial charge < -0.3 is 14.8 Å². The zero-order chi connectivity index (χ0) is 12.5. The Labute approximate surface area is 103 Å². The minimum absolute atomic E-state index is 0.448. The van der Waals surface area contributed by atoms with E-state index in [2.05, 4.69) is 22.2 Å². The van der Waals surface area contributed by atoms with E-state index in [0.29, 0.717) is 19.0 Å². The molecule has 0 saturated heterocycles. The van der Waals surface area contributed by atoms with Crippen LogP contribution < -0.4 is 5.32 Å². The number of hydrogen-bond acceptors (Lipinski definition) is 5. The number of rotatable bonds is 8. The largest absolute Gasteiger partial charge is 0.378 e. The van der Waals surface area contributed by atoms with Crippen LogP contribution in [0.25, 0.3) is 0 Å². The Hall–Kier alpha value is -1.20. The van der Waals surface area contributed by atoms with E-state index in [9.17, 15) is 0 Å². The predicted molar refractivity (Wildman–Crippen MR) is 66.9 cm³/mol. The zero-order valence-corrected chi connectivity index (χ0v) is 10.8.